The van der Waals surface area contributed by atoms with E-state index < -0.39 is 5.60 Å². The third-order valence-electron chi connectivity index (χ3n) is 7.88. The minimum atomic E-state index is -1.05. The number of esters is 1. The van der Waals surface area contributed by atoms with Crippen LogP contribution in [-0.4, -0.2) is 15.1 Å². The predicted octanol–water partition coefficient (Wildman–Crippen LogP) is 6.96. The summed E-state index contributed by atoms with van der Waals surface area (Å²) in [5.41, 5.74) is 6.45. The Morgan fingerprint density at radius 1 is 0.686 bits per heavy atom. The van der Waals surface area contributed by atoms with Crippen LogP contribution in [0, 0.1) is 13.8 Å². The number of aromatic nitrogens is 2. The SMILES string of the molecule is Cc1c(C2(c3c(C)n(C)c4ccccc34)OC(=O)c3sc4ccccc4c32)c2ccccc2n1C. The second-order valence-corrected chi connectivity index (χ2v) is 10.5. The second-order valence-electron chi connectivity index (χ2n) is 9.45. The lowest BCUT2D eigenvalue weighted by molar-refractivity contribution is 0.0260. The molecule has 0 bridgehead atoms. The van der Waals surface area contributed by atoms with Crippen molar-refractivity contribution in [3.05, 3.63) is 106 Å². The molecule has 0 atom stereocenters. The summed E-state index contributed by atoms with van der Waals surface area (Å²) in [5.74, 6) is -0.249. The van der Waals surface area contributed by atoms with Crippen molar-refractivity contribution in [3.63, 3.8) is 0 Å². The Labute approximate surface area is 207 Å². The molecule has 6 aromatic rings. The van der Waals surface area contributed by atoms with E-state index in [0.29, 0.717) is 4.88 Å². The van der Waals surface area contributed by atoms with Gasteiger partial charge >= 0.3 is 5.97 Å². The van der Waals surface area contributed by atoms with E-state index >= 15 is 0 Å². The molecule has 1 aliphatic heterocycles. The lowest BCUT2D eigenvalue weighted by Crippen LogP contribution is -2.31. The van der Waals surface area contributed by atoms with E-state index in [1.54, 1.807) is 0 Å². The molecule has 4 nitrogen and oxygen atoms in total. The first-order valence-corrected chi connectivity index (χ1v) is 12.6. The molecule has 0 radical (unpaired) electrons. The fourth-order valence-corrected chi connectivity index (χ4v) is 7.31. The predicted molar refractivity (Wildman–Crippen MR) is 142 cm³/mol. The van der Waals surface area contributed by atoms with Crippen molar-refractivity contribution in [2.24, 2.45) is 14.1 Å². The summed E-state index contributed by atoms with van der Waals surface area (Å²) < 4.78 is 12.2. The van der Waals surface area contributed by atoms with E-state index in [-0.39, 0.29) is 5.97 Å². The Morgan fingerprint density at radius 2 is 1.17 bits per heavy atom. The van der Waals surface area contributed by atoms with Crippen LogP contribution in [0.4, 0.5) is 0 Å². The third kappa shape index (κ3) is 2.39. The topological polar surface area (TPSA) is 36.2 Å². The Morgan fingerprint density at radius 3 is 1.74 bits per heavy atom. The van der Waals surface area contributed by atoms with Crippen molar-refractivity contribution in [1.29, 1.82) is 0 Å². The van der Waals surface area contributed by atoms with Gasteiger partial charge in [0.05, 0.1) is 0 Å². The Kier molecular flexibility index (Phi) is 4.03. The normalized spacial score (nSPS) is 14.8. The molecule has 0 amide bonds. The van der Waals surface area contributed by atoms with Gasteiger partial charge in [0.1, 0.15) is 4.88 Å². The van der Waals surface area contributed by atoms with Crippen molar-refractivity contribution in [2.75, 3.05) is 0 Å². The van der Waals surface area contributed by atoms with E-state index in [0.717, 1.165) is 60.0 Å². The van der Waals surface area contributed by atoms with E-state index in [9.17, 15) is 4.79 Å². The molecular weight excluding hydrogens is 452 g/mol. The highest BCUT2D eigenvalue weighted by Crippen LogP contribution is 2.57. The summed E-state index contributed by atoms with van der Waals surface area (Å²) in [6.07, 6.45) is 0. The van der Waals surface area contributed by atoms with Crippen LogP contribution in [0.1, 0.15) is 37.7 Å². The van der Waals surface area contributed by atoms with Crippen molar-refractivity contribution >= 4 is 49.2 Å². The quantitative estimate of drug-likeness (QED) is 0.253. The zero-order valence-corrected chi connectivity index (χ0v) is 20.9. The maximum absolute atomic E-state index is 13.7. The van der Waals surface area contributed by atoms with E-state index in [2.05, 4.69) is 104 Å². The molecule has 5 heteroatoms. The number of cyclic esters (lactones) is 1. The van der Waals surface area contributed by atoms with Gasteiger partial charge in [-0.25, -0.2) is 4.79 Å². The average molecular weight is 477 g/mol. The lowest BCUT2D eigenvalue weighted by Gasteiger charge is -2.31. The summed E-state index contributed by atoms with van der Waals surface area (Å²) in [4.78, 5) is 14.4. The lowest BCUT2D eigenvalue weighted by atomic mass is 9.77. The number of carbonyl (C=O) groups is 1. The third-order valence-corrected chi connectivity index (χ3v) is 9.03. The highest BCUT2D eigenvalue weighted by molar-refractivity contribution is 7.21. The van der Waals surface area contributed by atoms with Gasteiger partial charge in [-0.15, -0.1) is 11.3 Å². The number of hydrogen-bond donors (Lipinski definition) is 0. The van der Waals surface area contributed by atoms with Crippen molar-refractivity contribution < 1.29 is 9.53 Å². The number of para-hydroxylation sites is 2. The van der Waals surface area contributed by atoms with Gasteiger partial charge in [0.15, 0.2) is 5.60 Å². The standard InChI is InChI=1S/C30H24N2O2S/c1-17-25(19-11-5-8-14-22(19)31(17)3)30(26-18(2)32(4)23-15-9-6-12-20(23)26)27-21-13-7-10-16-24(21)35-28(27)29(33)34-30/h5-16H,1-4H3. The van der Waals surface area contributed by atoms with Crippen LogP contribution in [0.3, 0.4) is 0 Å². The van der Waals surface area contributed by atoms with Gasteiger partial charge in [-0.3, -0.25) is 0 Å². The number of thiophene rings is 1. The summed E-state index contributed by atoms with van der Waals surface area (Å²) in [6, 6.07) is 25.2. The molecular formula is C30H24N2O2S. The van der Waals surface area contributed by atoms with Gasteiger partial charge in [0, 0.05) is 74.1 Å². The molecule has 0 saturated heterocycles. The molecule has 0 aliphatic carbocycles. The molecule has 1 aliphatic rings. The van der Waals surface area contributed by atoms with Gasteiger partial charge in [-0.2, -0.15) is 0 Å². The van der Waals surface area contributed by atoms with Crippen LogP contribution < -0.4 is 0 Å². The van der Waals surface area contributed by atoms with Crippen LogP contribution in [-0.2, 0) is 24.4 Å². The van der Waals surface area contributed by atoms with Gasteiger partial charge in [0.2, 0.25) is 0 Å². The molecule has 0 spiro atoms. The van der Waals surface area contributed by atoms with Gasteiger partial charge in [-0.05, 0) is 32.0 Å². The number of aryl methyl sites for hydroxylation is 2. The average Bonchev–Trinajstić information content (AvgIpc) is 3.55. The maximum atomic E-state index is 13.7. The fraction of sp³-hybridized carbons (Fsp3) is 0.167. The Hall–Kier alpha value is -3.83. The first-order valence-electron chi connectivity index (χ1n) is 11.8. The Bertz CT molecular complexity index is 1760. The van der Waals surface area contributed by atoms with Crippen molar-refractivity contribution in [3.8, 4) is 0 Å². The summed E-state index contributed by atoms with van der Waals surface area (Å²) >= 11 is 1.53. The molecule has 35 heavy (non-hydrogen) atoms. The molecule has 0 saturated carbocycles. The van der Waals surface area contributed by atoms with E-state index in [1.165, 1.54) is 11.3 Å². The Balaban J connectivity index is 1.77. The molecule has 0 N–H and O–H groups in total. The zero-order valence-electron chi connectivity index (χ0n) is 20.0. The van der Waals surface area contributed by atoms with Crippen LogP contribution in [0.25, 0.3) is 31.9 Å². The summed E-state index contributed by atoms with van der Waals surface area (Å²) in [5, 5.41) is 3.30. The van der Waals surface area contributed by atoms with Crippen LogP contribution in [0.15, 0.2) is 72.8 Å². The van der Waals surface area contributed by atoms with Crippen LogP contribution in [0.2, 0.25) is 0 Å². The number of nitrogens with zero attached hydrogens (tertiary/aromatic N) is 2. The highest BCUT2D eigenvalue weighted by atomic mass is 32.1. The first kappa shape index (κ1) is 20.5. The monoisotopic (exact) mass is 476 g/mol. The molecule has 4 heterocycles. The van der Waals surface area contributed by atoms with Crippen LogP contribution >= 0.6 is 11.3 Å². The highest BCUT2D eigenvalue weighted by Gasteiger charge is 2.55. The molecule has 3 aromatic heterocycles. The largest absolute Gasteiger partial charge is 0.440 e. The smallest absolute Gasteiger partial charge is 0.350 e. The number of ether oxygens (including phenoxy) is 1. The van der Waals surface area contributed by atoms with Crippen LogP contribution in [0.5, 0.6) is 0 Å². The molecule has 172 valence electrons. The van der Waals surface area contributed by atoms with E-state index in [4.69, 9.17) is 4.74 Å². The van der Waals surface area contributed by atoms with Gasteiger partial charge in [-0.1, -0.05) is 54.6 Å². The summed E-state index contributed by atoms with van der Waals surface area (Å²) in [6.45, 7) is 4.27. The molecule has 7 rings (SSSR count). The van der Waals surface area contributed by atoms with Crippen molar-refractivity contribution in [2.45, 2.75) is 19.4 Å². The molecule has 0 unspecified atom stereocenters. The number of carbonyl (C=O) groups excluding carboxylic acids is 1. The maximum Gasteiger partial charge on any atom is 0.350 e. The van der Waals surface area contributed by atoms with Gasteiger partial charge < -0.3 is 13.9 Å². The number of rotatable bonds is 2. The first-order chi connectivity index (χ1) is 16.9. The summed E-state index contributed by atoms with van der Waals surface area (Å²) in [7, 11) is 4.18. The van der Waals surface area contributed by atoms with Crippen molar-refractivity contribution in [1.82, 2.24) is 9.13 Å². The van der Waals surface area contributed by atoms with Gasteiger partial charge in [0.25, 0.3) is 0 Å². The van der Waals surface area contributed by atoms with E-state index in [1.807, 2.05) is 6.07 Å². The molecule has 3 aromatic carbocycles. The molecule has 0 fully saturated rings. The fourth-order valence-electron chi connectivity index (χ4n) is 6.18. The minimum absolute atomic E-state index is 0.249. The zero-order chi connectivity index (χ0) is 24.1. The number of benzene rings is 3. The second kappa shape index (κ2) is 6.86. The number of fused-ring (bicyclic) bond motifs is 5. The minimum Gasteiger partial charge on any atom is -0.440 e. The number of hydrogen-bond acceptors (Lipinski definition) is 3.